The van der Waals surface area contributed by atoms with E-state index in [0.717, 1.165) is 11.1 Å². The minimum absolute atomic E-state index is 0.227. The van der Waals surface area contributed by atoms with Gasteiger partial charge in [0.25, 0.3) is 0 Å². The van der Waals surface area contributed by atoms with Gasteiger partial charge in [0, 0.05) is 5.69 Å². The maximum atomic E-state index is 11.5. The van der Waals surface area contributed by atoms with E-state index in [0.29, 0.717) is 17.0 Å². The smallest absolute Gasteiger partial charge is 0.178 e. The van der Waals surface area contributed by atoms with Crippen molar-refractivity contribution in [2.24, 2.45) is 0 Å². The molecule has 2 N–H and O–H groups in total. The Morgan fingerprint density at radius 3 is 2.77 bits per heavy atom. The molecule has 0 fully saturated rings. The maximum absolute atomic E-state index is 11.5. The van der Waals surface area contributed by atoms with Crippen molar-refractivity contribution in [2.45, 2.75) is 18.2 Å². The summed E-state index contributed by atoms with van der Waals surface area (Å²) in [5.41, 5.74) is 8.06. The molecule has 1 heterocycles. The second-order valence-electron chi connectivity index (χ2n) is 3.39. The molecule has 1 aromatic rings. The predicted octanol–water partition coefficient (Wildman–Crippen LogP) is 0.907. The van der Waals surface area contributed by atoms with Gasteiger partial charge >= 0.3 is 0 Å². The summed E-state index contributed by atoms with van der Waals surface area (Å²) in [6.07, 6.45) is 0.599. The van der Waals surface area contributed by atoms with E-state index < -0.39 is 9.84 Å². The molecule has 70 valence electrons. The lowest BCUT2D eigenvalue weighted by Crippen LogP contribution is -1.99. The van der Waals surface area contributed by atoms with Crippen LogP contribution in [0.15, 0.2) is 17.0 Å². The van der Waals surface area contributed by atoms with Crippen LogP contribution in [0.25, 0.3) is 0 Å². The van der Waals surface area contributed by atoms with Gasteiger partial charge < -0.3 is 5.73 Å². The molecule has 0 aromatic heterocycles. The Balaban J connectivity index is 2.75. The molecule has 0 atom stereocenters. The van der Waals surface area contributed by atoms with Gasteiger partial charge in [-0.1, -0.05) is 0 Å². The van der Waals surface area contributed by atoms with Crippen LogP contribution >= 0.6 is 0 Å². The number of sulfone groups is 1. The van der Waals surface area contributed by atoms with Gasteiger partial charge in [-0.15, -0.1) is 0 Å². The lowest BCUT2D eigenvalue weighted by atomic mass is 10.1. The van der Waals surface area contributed by atoms with Crippen LogP contribution in [0.3, 0.4) is 0 Å². The van der Waals surface area contributed by atoms with Crippen LogP contribution in [0.5, 0.6) is 0 Å². The molecule has 0 saturated carbocycles. The van der Waals surface area contributed by atoms with Crippen LogP contribution in [0, 0.1) is 6.92 Å². The van der Waals surface area contributed by atoms with Gasteiger partial charge in [-0.2, -0.15) is 0 Å². The van der Waals surface area contributed by atoms with E-state index in [1.165, 1.54) is 0 Å². The Morgan fingerprint density at radius 1 is 1.38 bits per heavy atom. The molecule has 4 heteroatoms. The first-order valence-corrected chi connectivity index (χ1v) is 5.78. The fourth-order valence-corrected chi connectivity index (χ4v) is 3.21. The third-order valence-corrected chi connectivity index (χ3v) is 4.22. The van der Waals surface area contributed by atoms with Gasteiger partial charge in [-0.25, -0.2) is 8.42 Å². The molecule has 1 aliphatic heterocycles. The van der Waals surface area contributed by atoms with Crippen LogP contribution in [0.4, 0.5) is 5.69 Å². The summed E-state index contributed by atoms with van der Waals surface area (Å²) in [6, 6.07) is 3.45. The fraction of sp³-hybridized carbons (Fsp3) is 0.333. The number of anilines is 1. The van der Waals surface area contributed by atoms with Crippen molar-refractivity contribution in [3.63, 3.8) is 0 Å². The van der Waals surface area contributed by atoms with E-state index in [2.05, 4.69) is 0 Å². The Hall–Kier alpha value is -1.03. The van der Waals surface area contributed by atoms with Crippen molar-refractivity contribution in [3.8, 4) is 0 Å². The van der Waals surface area contributed by atoms with Crippen molar-refractivity contribution in [1.82, 2.24) is 0 Å². The zero-order chi connectivity index (χ0) is 9.64. The lowest BCUT2D eigenvalue weighted by molar-refractivity contribution is 0.600. The molecule has 1 aliphatic rings. The summed E-state index contributed by atoms with van der Waals surface area (Å²) in [5.74, 6) is 0.227. The van der Waals surface area contributed by atoms with E-state index >= 15 is 0 Å². The maximum Gasteiger partial charge on any atom is 0.178 e. The van der Waals surface area contributed by atoms with Crippen LogP contribution in [-0.2, 0) is 16.3 Å². The molecule has 0 saturated heterocycles. The van der Waals surface area contributed by atoms with E-state index in [9.17, 15) is 8.42 Å². The molecule has 0 bridgehead atoms. The number of hydrogen-bond acceptors (Lipinski definition) is 3. The molecule has 0 amide bonds. The highest BCUT2D eigenvalue weighted by atomic mass is 32.2. The Morgan fingerprint density at radius 2 is 2.08 bits per heavy atom. The highest BCUT2D eigenvalue weighted by Gasteiger charge is 2.26. The Bertz CT molecular complexity index is 463. The van der Waals surface area contributed by atoms with Crippen molar-refractivity contribution in [1.29, 1.82) is 0 Å². The normalized spacial score (nSPS) is 18.5. The molecule has 13 heavy (non-hydrogen) atoms. The second kappa shape index (κ2) is 2.48. The van der Waals surface area contributed by atoms with E-state index in [1.54, 1.807) is 12.1 Å². The third-order valence-electron chi connectivity index (χ3n) is 2.42. The average molecular weight is 197 g/mol. The number of hydrogen-bond donors (Lipinski definition) is 1. The summed E-state index contributed by atoms with van der Waals surface area (Å²) >= 11 is 0. The first-order chi connectivity index (χ1) is 6.00. The lowest BCUT2D eigenvalue weighted by Gasteiger charge is -2.03. The van der Waals surface area contributed by atoms with E-state index in [1.807, 2.05) is 6.92 Å². The monoisotopic (exact) mass is 197 g/mol. The van der Waals surface area contributed by atoms with Gasteiger partial charge in [0.1, 0.15) is 0 Å². The number of rotatable bonds is 0. The fourth-order valence-electron chi connectivity index (χ4n) is 1.58. The highest BCUT2D eigenvalue weighted by Crippen LogP contribution is 2.29. The summed E-state index contributed by atoms with van der Waals surface area (Å²) in [4.78, 5) is 0.471. The summed E-state index contributed by atoms with van der Waals surface area (Å²) in [6.45, 7) is 1.82. The predicted molar refractivity (Wildman–Crippen MR) is 51.3 cm³/mol. The van der Waals surface area contributed by atoms with Crippen molar-refractivity contribution in [3.05, 3.63) is 23.3 Å². The molecular weight excluding hydrogens is 186 g/mol. The number of fused-ring (bicyclic) bond motifs is 1. The average Bonchev–Trinajstić information content (AvgIpc) is 2.31. The molecule has 0 spiro atoms. The van der Waals surface area contributed by atoms with Gasteiger partial charge in [0.05, 0.1) is 10.6 Å². The second-order valence-corrected chi connectivity index (χ2v) is 5.46. The molecule has 0 unspecified atom stereocenters. The summed E-state index contributed by atoms with van der Waals surface area (Å²) < 4.78 is 23.0. The third kappa shape index (κ3) is 1.21. The molecule has 0 aliphatic carbocycles. The minimum atomic E-state index is -3.00. The van der Waals surface area contributed by atoms with E-state index in [4.69, 9.17) is 5.73 Å². The number of benzene rings is 1. The SMILES string of the molecule is Cc1cc2c(cc1N)CCS2(=O)=O. The zero-order valence-corrected chi connectivity index (χ0v) is 8.19. The largest absolute Gasteiger partial charge is 0.399 e. The minimum Gasteiger partial charge on any atom is -0.399 e. The topological polar surface area (TPSA) is 60.2 Å². The van der Waals surface area contributed by atoms with Crippen LogP contribution in [0.2, 0.25) is 0 Å². The summed E-state index contributed by atoms with van der Waals surface area (Å²) in [7, 11) is -3.00. The molecule has 3 nitrogen and oxygen atoms in total. The van der Waals surface area contributed by atoms with Crippen LogP contribution in [-0.4, -0.2) is 14.2 Å². The standard InChI is InChI=1S/C9H11NO2S/c1-6-4-9-7(5-8(6)10)2-3-13(9,11)12/h4-5H,2-3,10H2,1H3. The van der Waals surface area contributed by atoms with Crippen molar-refractivity contribution >= 4 is 15.5 Å². The van der Waals surface area contributed by atoms with Gasteiger partial charge in [-0.3, -0.25) is 0 Å². The molecule has 2 rings (SSSR count). The highest BCUT2D eigenvalue weighted by molar-refractivity contribution is 7.91. The Labute approximate surface area is 77.5 Å². The molecule has 0 radical (unpaired) electrons. The molecular formula is C9H11NO2S. The van der Waals surface area contributed by atoms with Crippen molar-refractivity contribution < 1.29 is 8.42 Å². The number of nitrogens with two attached hydrogens (primary N) is 1. The number of aryl methyl sites for hydroxylation is 2. The Kier molecular flexibility index (Phi) is 1.63. The quantitative estimate of drug-likeness (QED) is 0.629. The molecule has 1 aromatic carbocycles. The zero-order valence-electron chi connectivity index (χ0n) is 7.37. The van der Waals surface area contributed by atoms with Crippen molar-refractivity contribution in [2.75, 3.05) is 11.5 Å². The number of nitrogen functional groups attached to an aromatic ring is 1. The van der Waals surface area contributed by atoms with Crippen LogP contribution in [0.1, 0.15) is 11.1 Å². The van der Waals surface area contributed by atoms with Gasteiger partial charge in [0.2, 0.25) is 0 Å². The first kappa shape index (κ1) is 8.56. The summed E-state index contributed by atoms with van der Waals surface area (Å²) in [5, 5.41) is 0. The van der Waals surface area contributed by atoms with Gasteiger partial charge in [0.15, 0.2) is 9.84 Å². The first-order valence-electron chi connectivity index (χ1n) is 4.12. The van der Waals surface area contributed by atoms with Gasteiger partial charge in [-0.05, 0) is 36.6 Å². The van der Waals surface area contributed by atoms with Crippen LogP contribution < -0.4 is 5.73 Å². The van der Waals surface area contributed by atoms with E-state index in [-0.39, 0.29) is 5.75 Å².